The highest BCUT2D eigenvalue weighted by Crippen LogP contribution is 2.32. The standard InChI is InChI=1S/C21H18N6O3/c1-12-6-8-15(9-7-12)27-20(28)17-18(21(27)29)26(25-23-17)11-16-22-19(24-30-16)14-5-3-4-13(2)10-14/h3-10,17-18H,11H2,1-2H3/t17-,18+/m0/s1. The lowest BCUT2D eigenvalue weighted by atomic mass is 10.1. The number of rotatable bonds is 4. The van der Waals surface area contributed by atoms with Crippen LogP contribution in [-0.2, 0) is 16.1 Å². The molecule has 2 amide bonds. The van der Waals surface area contributed by atoms with Gasteiger partial charge < -0.3 is 4.52 Å². The summed E-state index contributed by atoms with van der Waals surface area (Å²) in [6.07, 6.45) is 0. The van der Waals surface area contributed by atoms with Crippen LogP contribution < -0.4 is 4.90 Å². The molecule has 2 atom stereocenters. The molecule has 0 N–H and O–H groups in total. The average Bonchev–Trinajstić information content (AvgIpc) is 3.42. The van der Waals surface area contributed by atoms with Crippen molar-refractivity contribution >= 4 is 17.5 Å². The molecular weight excluding hydrogens is 384 g/mol. The van der Waals surface area contributed by atoms with Crippen LogP contribution in [0, 0.1) is 13.8 Å². The van der Waals surface area contributed by atoms with E-state index in [2.05, 4.69) is 20.5 Å². The number of hydrogen-bond donors (Lipinski definition) is 0. The molecule has 1 aromatic heterocycles. The monoisotopic (exact) mass is 402 g/mol. The summed E-state index contributed by atoms with van der Waals surface area (Å²) in [6, 6.07) is 13.3. The van der Waals surface area contributed by atoms with Crippen LogP contribution in [-0.4, -0.2) is 39.0 Å². The molecule has 1 fully saturated rings. The van der Waals surface area contributed by atoms with Crippen LogP contribution in [0.5, 0.6) is 0 Å². The third-order valence-corrected chi connectivity index (χ3v) is 5.19. The van der Waals surface area contributed by atoms with Gasteiger partial charge in [0.15, 0.2) is 12.1 Å². The zero-order chi connectivity index (χ0) is 20.8. The summed E-state index contributed by atoms with van der Waals surface area (Å²) in [5.74, 6) is -0.00000794. The van der Waals surface area contributed by atoms with Crippen molar-refractivity contribution in [2.75, 3.05) is 4.90 Å². The van der Waals surface area contributed by atoms with E-state index >= 15 is 0 Å². The van der Waals surface area contributed by atoms with Gasteiger partial charge in [-0.05, 0) is 32.0 Å². The van der Waals surface area contributed by atoms with E-state index in [1.165, 1.54) is 9.91 Å². The van der Waals surface area contributed by atoms with Gasteiger partial charge >= 0.3 is 0 Å². The molecule has 0 saturated carbocycles. The number of imide groups is 1. The van der Waals surface area contributed by atoms with Crippen molar-refractivity contribution in [2.45, 2.75) is 32.5 Å². The number of nitrogens with zero attached hydrogens (tertiary/aromatic N) is 6. The molecule has 0 radical (unpaired) electrons. The van der Waals surface area contributed by atoms with Crippen LogP contribution in [0.15, 0.2) is 63.4 Å². The second-order valence-electron chi connectivity index (χ2n) is 7.42. The lowest BCUT2D eigenvalue weighted by Gasteiger charge is -2.19. The van der Waals surface area contributed by atoms with Crippen molar-refractivity contribution in [3.63, 3.8) is 0 Å². The Morgan fingerprint density at radius 3 is 2.57 bits per heavy atom. The molecule has 2 aliphatic rings. The van der Waals surface area contributed by atoms with Crippen molar-refractivity contribution < 1.29 is 14.1 Å². The minimum Gasteiger partial charge on any atom is -0.337 e. The summed E-state index contributed by atoms with van der Waals surface area (Å²) >= 11 is 0. The average molecular weight is 402 g/mol. The first kappa shape index (κ1) is 18.2. The summed E-state index contributed by atoms with van der Waals surface area (Å²) in [5.41, 5.74) is 3.49. The van der Waals surface area contributed by atoms with E-state index in [4.69, 9.17) is 4.52 Å². The largest absolute Gasteiger partial charge is 0.337 e. The van der Waals surface area contributed by atoms with E-state index in [0.29, 0.717) is 17.4 Å². The summed E-state index contributed by atoms with van der Waals surface area (Å²) in [6.45, 7) is 4.01. The number of carbonyl (C=O) groups is 2. The highest BCUT2D eigenvalue weighted by Gasteiger charge is 2.55. The molecule has 9 nitrogen and oxygen atoms in total. The van der Waals surface area contributed by atoms with Crippen LogP contribution in [0.3, 0.4) is 0 Å². The Morgan fingerprint density at radius 2 is 1.80 bits per heavy atom. The third kappa shape index (κ3) is 2.95. The molecule has 0 aliphatic carbocycles. The Morgan fingerprint density at radius 1 is 1.00 bits per heavy atom. The first-order valence-corrected chi connectivity index (χ1v) is 9.53. The van der Waals surface area contributed by atoms with Crippen LogP contribution in [0.1, 0.15) is 17.0 Å². The van der Waals surface area contributed by atoms with Gasteiger partial charge in [-0.3, -0.25) is 14.6 Å². The fraction of sp³-hybridized carbons (Fsp3) is 0.238. The Balaban J connectivity index is 1.36. The minimum absolute atomic E-state index is 0.0875. The normalized spacial score (nSPS) is 20.3. The minimum atomic E-state index is -0.863. The number of amides is 2. The summed E-state index contributed by atoms with van der Waals surface area (Å²) in [7, 11) is 0. The fourth-order valence-corrected chi connectivity index (χ4v) is 3.66. The molecule has 2 aromatic carbocycles. The van der Waals surface area contributed by atoms with Gasteiger partial charge in [0.1, 0.15) is 6.54 Å². The predicted octanol–water partition coefficient (Wildman–Crippen LogP) is 2.85. The molecule has 9 heteroatoms. The molecule has 0 unspecified atom stereocenters. The highest BCUT2D eigenvalue weighted by atomic mass is 16.5. The van der Waals surface area contributed by atoms with Gasteiger partial charge in [-0.2, -0.15) is 10.1 Å². The molecule has 3 aromatic rings. The predicted molar refractivity (Wildman–Crippen MR) is 106 cm³/mol. The smallest absolute Gasteiger partial charge is 0.263 e. The van der Waals surface area contributed by atoms with E-state index in [-0.39, 0.29) is 18.4 Å². The summed E-state index contributed by atoms with van der Waals surface area (Å²) < 4.78 is 5.34. The Hall–Kier alpha value is -3.88. The number of hydrogen-bond acceptors (Lipinski definition) is 8. The highest BCUT2D eigenvalue weighted by molar-refractivity contribution is 6.25. The second kappa shape index (κ2) is 6.87. The Bertz CT molecular complexity index is 1170. The molecular formula is C21H18N6O3. The number of fused-ring (bicyclic) bond motifs is 1. The lowest BCUT2D eigenvalue weighted by Crippen LogP contribution is -2.39. The van der Waals surface area contributed by atoms with Gasteiger partial charge in [0.25, 0.3) is 11.8 Å². The number of aromatic nitrogens is 2. The molecule has 1 saturated heterocycles. The zero-order valence-corrected chi connectivity index (χ0v) is 16.4. The van der Waals surface area contributed by atoms with Gasteiger partial charge in [-0.25, -0.2) is 4.90 Å². The molecule has 30 heavy (non-hydrogen) atoms. The molecule has 2 aliphatic heterocycles. The van der Waals surface area contributed by atoms with Crippen molar-refractivity contribution in [3.8, 4) is 11.4 Å². The van der Waals surface area contributed by atoms with Gasteiger partial charge in [0.2, 0.25) is 11.7 Å². The van der Waals surface area contributed by atoms with E-state index in [0.717, 1.165) is 16.7 Å². The number of benzene rings is 2. The lowest BCUT2D eigenvalue weighted by molar-refractivity contribution is -0.123. The summed E-state index contributed by atoms with van der Waals surface area (Å²) in [4.78, 5) is 31.4. The maximum Gasteiger partial charge on any atom is 0.263 e. The Kier molecular flexibility index (Phi) is 4.16. The van der Waals surface area contributed by atoms with Crippen LogP contribution in [0.2, 0.25) is 0 Å². The SMILES string of the molecule is Cc1ccc(N2C(=O)[C@H]3N=NN(Cc4nc(-c5cccc(C)c5)no4)[C@H]3C2=O)cc1. The van der Waals surface area contributed by atoms with E-state index in [9.17, 15) is 9.59 Å². The number of aryl methyl sites for hydroxylation is 2. The first-order valence-electron chi connectivity index (χ1n) is 9.53. The first-order chi connectivity index (χ1) is 14.5. The van der Waals surface area contributed by atoms with E-state index in [1.807, 2.05) is 50.2 Å². The van der Waals surface area contributed by atoms with Crippen molar-refractivity contribution in [1.29, 1.82) is 0 Å². The topological polar surface area (TPSA) is 104 Å². The molecule has 0 bridgehead atoms. The third-order valence-electron chi connectivity index (χ3n) is 5.19. The van der Waals surface area contributed by atoms with Gasteiger partial charge in [-0.15, -0.1) is 0 Å². The second-order valence-corrected chi connectivity index (χ2v) is 7.42. The van der Waals surface area contributed by atoms with E-state index < -0.39 is 12.1 Å². The van der Waals surface area contributed by atoms with Crippen LogP contribution in [0.25, 0.3) is 11.4 Å². The van der Waals surface area contributed by atoms with Crippen LogP contribution in [0.4, 0.5) is 5.69 Å². The van der Waals surface area contributed by atoms with Crippen molar-refractivity contribution in [1.82, 2.24) is 15.1 Å². The maximum absolute atomic E-state index is 13.0. The van der Waals surface area contributed by atoms with Gasteiger partial charge in [0.05, 0.1) is 5.69 Å². The van der Waals surface area contributed by atoms with Gasteiger partial charge in [0, 0.05) is 5.56 Å². The molecule has 150 valence electrons. The van der Waals surface area contributed by atoms with E-state index in [1.54, 1.807) is 12.1 Å². The maximum atomic E-state index is 13.0. The van der Waals surface area contributed by atoms with Crippen molar-refractivity contribution in [2.24, 2.45) is 10.3 Å². The zero-order valence-electron chi connectivity index (χ0n) is 16.4. The van der Waals surface area contributed by atoms with Gasteiger partial charge in [-0.1, -0.05) is 51.8 Å². The molecule has 3 heterocycles. The van der Waals surface area contributed by atoms with Crippen molar-refractivity contribution in [3.05, 3.63) is 65.5 Å². The Labute approximate surface area is 172 Å². The van der Waals surface area contributed by atoms with Crippen LogP contribution >= 0.6 is 0 Å². The quantitative estimate of drug-likeness (QED) is 0.622. The fourth-order valence-electron chi connectivity index (χ4n) is 3.66. The molecule has 5 rings (SSSR count). The summed E-state index contributed by atoms with van der Waals surface area (Å²) in [5, 5.41) is 13.5. The molecule has 0 spiro atoms. The number of anilines is 1. The number of carbonyl (C=O) groups excluding carboxylic acids is 2.